The van der Waals surface area contributed by atoms with Crippen molar-refractivity contribution in [2.45, 2.75) is 52.5 Å². The van der Waals surface area contributed by atoms with Gasteiger partial charge in [0.05, 0.1) is 0 Å². The molecule has 2 aliphatic heterocycles. The van der Waals surface area contributed by atoms with Gasteiger partial charge >= 0.3 is 0 Å². The zero-order valence-electron chi connectivity index (χ0n) is 11.9. The largest absolute Gasteiger partial charge is 0.317 e. The first-order valence-corrected chi connectivity index (χ1v) is 7.36. The first-order chi connectivity index (χ1) is 8.61. The first-order valence-electron chi connectivity index (χ1n) is 7.36. The van der Waals surface area contributed by atoms with Crippen molar-refractivity contribution in [1.82, 2.24) is 10.3 Å². The van der Waals surface area contributed by atoms with Crippen LogP contribution in [0.3, 0.4) is 0 Å². The highest BCUT2D eigenvalue weighted by Gasteiger charge is 2.42. The summed E-state index contributed by atoms with van der Waals surface area (Å²) < 4.78 is 0. The van der Waals surface area contributed by atoms with E-state index >= 15 is 0 Å². The van der Waals surface area contributed by atoms with Crippen LogP contribution in [0.15, 0.2) is 16.9 Å². The van der Waals surface area contributed by atoms with Crippen molar-refractivity contribution < 1.29 is 0 Å². The van der Waals surface area contributed by atoms with Crippen molar-refractivity contribution in [3.8, 4) is 0 Å². The van der Waals surface area contributed by atoms with Crippen molar-refractivity contribution >= 4 is 5.71 Å². The van der Waals surface area contributed by atoms with Crippen LogP contribution in [0, 0.1) is 11.3 Å². The Hall–Kier alpha value is -0.830. The van der Waals surface area contributed by atoms with Crippen LogP contribution in [0.2, 0.25) is 0 Å². The lowest BCUT2D eigenvalue weighted by atomic mass is 9.66. The van der Waals surface area contributed by atoms with E-state index in [0.29, 0.717) is 17.4 Å². The summed E-state index contributed by atoms with van der Waals surface area (Å²) in [6.45, 7) is 9.06. The summed E-state index contributed by atoms with van der Waals surface area (Å²) in [6, 6.07) is 0.485. The molecular weight excluding hydrogens is 222 g/mol. The van der Waals surface area contributed by atoms with Gasteiger partial charge in [-0.15, -0.1) is 0 Å². The number of piperidine rings is 1. The Kier molecular flexibility index (Phi) is 2.97. The van der Waals surface area contributed by atoms with Crippen LogP contribution >= 0.6 is 0 Å². The highest BCUT2D eigenvalue weighted by atomic mass is 15.5. The van der Waals surface area contributed by atoms with Gasteiger partial charge in [-0.2, -0.15) is 5.10 Å². The Balaban J connectivity index is 1.85. The van der Waals surface area contributed by atoms with Crippen LogP contribution in [-0.4, -0.2) is 29.9 Å². The Labute approximate surface area is 110 Å². The molecule has 3 rings (SSSR count). The summed E-state index contributed by atoms with van der Waals surface area (Å²) in [5, 5.41) is 10.5. The fourth-order valence-electron chi connectivity index (χ4n) is 3.78. The van der Waals surface area contributed by atoms with Gasteiger partial charge in [0.1, 0.15) is 0 Å². The second-order valence-electron chi connectivity index (χ2n) is 6.52. The van der Waals surface area contributed by atoms with E-state index in [9.17, 15) is 0 Å². The molecule has 18 heavy (non-hydrogen) atoms. The molecule has 0 amide bonds. The van der Waals surface area contributed by atoms with Crippen LogP contribution in [0.4, 0.5) is 0 Å². The Morgan fingerprint density at radius 3 is 2.78 bits per heavy atom. The van der Waals surface area contributed by atoms with E-state index in [2.05, 4.69) is 37.2 Å². The van der Waals surface area contributed by atoms with Gasteiger partial charge in [-0.05, 0) is 65.0 Å². The van der Waals surface area contributed by atoms with Gasteiger partial charge < -0.3 is 5.32 Å². The van der Waals surface area contributed by atoms with Crippen LogP contribution in [0.5, 0.6) is 0 Å². The van der Waals surface area contributed by atoms with E-state index in [1.165, 1.54) is 50.2 Å². The average molecular weight is 247 g/mol. The van der Waals surface area contributed by atoms with Crippen molar-refractivity contribution in [1.29, 1.82) is 0 Å². The Morgan fingerprint density at radius 1 is 1.39 bits per heavy atom. The predicted molar refractivity (Wildman–Crippen MR) is 75.4 cm³/mol. The molecule has 0 aromatic rings. The number of allylic oxidation sites excluding steroid dienone is 2. The Bertz CT molecular complexity index is 389. The molecule has 100 valence electrons. The number of nitrogens with zero attached hydrogens (tertiary/aromatic N) is 2. The zero-order chi connectivity index (χ0) is 12.8. The monoisotopic (exact) mass is 247 g/mol. The van der Waals surface area contributed by atoms with E-state index in [4.69, 9.17) is 5.10 Å². The van der Waals surface area contributed by atoms with Crippen molar-refractivity contribution in [3.63, 3.8) is 0 Å². The second-order valence-corrected chi connectivity index (χ2v) is 6.52. The lowest BCUT2D eigenvalue weighted by molar-refractivity contribution is 0.154. The summed E-state index contributed by atoms with van der Waals surface area (Å²) in [4.78, 5) is 0. The lowest BCUT2D eigenvalue weighted by Gasteiger charge is -2.42. The molecule has 0 saturated carbocycles. The van der Waals surface area contributed by atoms with Gasteiger partial charge in [0.25, 0.3) is 0 Å². The molecule has 0 bridgehead atoms. The highest BCUT2D eigenvalue weighted by Crippen LogP contribution is 2.48. The predicted octanol–water partition coefficient (Wildman–Crippen LogP) is 2.75. The molecular formula is C15H25N3. The topological polar surface area (TPSA) is 27.6 Å². The Morgan fingerprint density at radius 2 is 2.11 bits per heavy atom. The van der Waals surface area contributed by atoms with Gasteiger partial charge in [-0.1, -0.05) is 6.08 Å². The molecule has 1 fully saturated rings. The minimum absolute atomic E-state index is 0.485. The summed E-state index contributed by atoms with van der Waals surface area (Å²) in [5.74, 6) is 0.597. The maximum absolute atomic E-state index is 4.78. The van der Waals surface area contributed by atoms with E-state index in [-0.39, 0.29) is 0 Å². The maximum atomic E-state index is 4.78. The van der Waals surface area contributed by atoms with Crippen LogP contribution < -0.4 is 5.32 Å². The molecule has 0 radical (unpaired) electrons. The number of nitrogens with one attached hydrogen (secondary N) is 1. The summed E-state index contributed by atoms with van der Waals surface area (Å²) in [5.41, 5.74) is 3.36. The fraction of sp³-hybridized carbons (Fsp3) is 0.800. The van der Waals surface area contributed by atoms with E-state index in [1.54, 1.807) is 0 Å². The molecule has 3 heteroatoms. The van der Waals surface area contributed by atoms with Gasteiger partial charge in [0.15, 0.2) is 0 Å². The summed E-state index contributed by atoms with van der Waals surface area (Å²) >= 11 is 0. The van der Waals surface area contributed by atoms with E-state index < -0.39 is 0 Å². The minimum Gasteiger partial charge on any atom is -0.317 e. The number of hydrogen-bond donors (Lipinski definition) is 1. The lowest BCUT2D eigenvalue weighted by Crippen LogP contribution is -2.41. The molecule has 0 aromatic carbocycles. The molecule has 1 aliphatic carbocycles. The third kappa shape index (κ3) is 1.89. The standard InChI is InChI=1S/C15H25N3/c1-11(2)18-14-4-5-15(6-8-16-9-7-15)10-13(14)12(3)17-18/h4,11,13,16H,5-10H2,1-3H3. The van der Waals surface area contributed by atoms with Crippen LogP contribution in [0.25, 0.3) is 0 Å². The molecule has 1 atom stereocenters. The molecule has 0 aromatic heterocycles. The van der Waals surface area contributed by atoms with Crippen molar-refractivity contribution in [3.05, 3.63) is 11.8 Å². The molecule has 1 spiro atoms. The van der Waals surface area contributed by atoms with Crippen LogP contribution in [-0.2, 0) is 0 Å². The first kappa shape index (κ1) is 12.2. The van der Waals surface area contributed by atoms with E-state index in [0.717, 1.165) is 0 Å². The minimum atomic E-state index is 0.485. The maximum Gasteiger partial charge on any atom is 0.0466 e. The smallest absolute Gasteiger partial charge is 0.0466 e. The van der Waals surface area contributed by atoms with E-state index in [1.807, 2.05) is 0 Å². The number of hydrogen-bond acceptors (Lipinski definition) is 3. The number of rotatable bonds is 1. The van der Waals surface area contributed by atoms with Gasteiger partial charge in [0.2, 0.25) is 0 Å². The molecule has 1 unspecified atom stereocenters. The SMILES string of the molecule is CC1=NN(C(C)C)C2=CCC3(CCNCC3)CC21. The number of hydrazone groups is 1. The third-order valence-electron chi connectivity index (χ3n) is 4.93. The molecule has 1 saturated heterocycles. The second kappa shape index (κ2) is 4.37. The third-order valence-corrected chi connectivity index (χ3v) is 4.93. The van der Waals surface area contributed by atoms with Crippen LogP contribution in [0.1, 0.15) is 46.5 Å². The number of fused-ring (bicyclic) bond motifs is 1. The van der Waals surface area contributed by atoms with Gasteiger partial charge in [0, 0.05) is 23.4 Å². The molecule has 3 aliphatic rings. The van der Waals surface area contributed by atoms with Gasteiger partial charge in [-0.3, -0.25) is 5.01 Å². The zero-order valence-corrected chi connectivity index (χ0v) is 11.9. The summed E-state index contributed by atoms with van der Waals surface area (Å²) in [7, 11) is 0. The van der Waals surface area contributed by atoms with Crippen molar-refractivity contribution in [2.75, 3.05) is 13.1 Å². The normalized spacial score (nSPS) is 30.4. The highest BCUT2D eigenvalue weighted by molar-refractivity contribution is 5.88. The average Bonchev–Trinajstić information content (AvgIpc) is 2.68. The summed E-state index contributed by atoms with van der Waals surface area (Å²) in [6.07, 6.45) is 7.73. The van der Waals surface area contributed by atoms with Crippen molar-refractivity contribution in [2.24, 2.45) is 16.4 Å². The fourth-order valence-corrected chi connectivity index (χ4v) is 3.78. The van der Waals surface area contributed by atoms with Gasteiger partial charge in [-0.25, -0.2) is 0 Å². The molecule has 2 heterocycles. The molecule has 1 N–H and O–H groups in total. The quantitative estimate of drug-likeness (QED) is 0.771. The molecule has 3 nitrogen and oxygen atoms in total.